The molecule has 0 unspecified atom stereocenters. The average molecular weight is 456 g/mol. The Hall–Kier alpha value is -3.23. The maximum atomic E-state index is 13.3. The van der Waals surface area contributed by atoms with Crippen molar-refractivity contribution in [3.8, 4) is 0 Å². The molecule has 0 aliphatic carbocycles. The Morgan fingerprint density at radius 2 is 1.78 bits per heavy atom. The lowest BCUT2D eigenvalue weighted by Crippen LogP contribution is -2.46. The van der Waals surface area contributed by atoms with E-state index in [0.29, 0.717) is 11.5 Å². The van der Waals surface area contributed by atoms with Gasteiger partial charge in [-0.1, -0.05) is 41.9 Å². The lowest BCUT2D eigenvalue weighted by Gasteiger charge is -2.35. The van der Waals surface area contributed by atoms with Crippen molar-refractivity contribution in [2.75, 3.05) is 36.4 Å². The van der Waals surface area contributed by atoms with E-state index in [4.69, 9.17) is 11.6 Å². The van der Waals surface area contributed by atoms with Gasteiger partial charge >= 0.3 is 0 Å². The summed E-state index contributed by atoms with van der Waals surface area (Å²) in [6.07, 6.45) is 0. The van der Waals surface area contributed by atoms with Gasteiger partial charge in [0.05, 0.1) is 5.02 Å². The number of nitrogens with one attached hydrogen (secondary N) is 1. The van der Waals surface area contributed by atoms with Crippen LogP contribution in [-0.4, -0.2) is 46.8 Å². The molecule has 2 heterocycles. The normalized spacial score (nSPS) is 14.4. The summed E-state index contributed by atoms with van der Waals surface area (Å²) in [5.41, 5.74) is 1.25. The third-order valence-corrected chi connectivity index (χ3v) is 5.58. The van der Waals surface area contributed by atoms with Crippen molar-refractivity contribution in [2.24, 2.45) is 0 Å². The average Bonchev–Trinajstić information content (AvgIpc) is 2.79. The van der Waals surface area contributed by atoms with E-state index in [1.807, 2.05) is 18.2 Å². The molecule has 7 nitrogen and oxygen atoms in total. The van der Waals surface area contributed by atoms with E-state index >= 15 is 0 Å². The summed E-state index contributed by atoms with van der Waals surface area (Å²) >= 11 is 5.74. The van der Waals surface area contributed by atoms with Crippen molar-refractivity contribution in [1.29, 1.82) is 0 Å². The van der Waals surface area contributed by atoms with Crippen LogP contribution in [-0.2, 0) is 17.9 Å². The molecule has 1 fully saturated rings. The second kappa shape index (κ2) is 9.93. The van der Waals surface area contributed by atoms with Crippen LogP contribution in [0.15, 0.2) is 65.5 Å². The van der Waals surface area contributed by atoms with Gasteiger partial charge in [0.2, 0.25) is 5.91 Å². The van der Waals surface area contributed by atoms with Crippen LogP contribution in [0.1, 0.15) is 5.56 Å². The fourth-order valence-electron chi connectivity index (χ4n) is 3.61. The number of hydrogen-bond acceptors (Lipinski definition) is 5. The number of amides is 1. The molecular formula is C23H23ClFN5O2. The van der Waals surface area contributed by atoms with Gasteiger partial charge in [0.1, 0.15) is 18.2 Å². The molecule has 1 aliphatic heterocycles. The number of piperazine rings is 1. The molecule has 2 aromatic carbocycles. The van der Waals surface area contributed by atoms with Gasteiger partial charge in [0.25, 0.3) is 5.56 Å². The predicted molar refractivity (Wildman–Crippen MR) is 122 cm³/mol. The van der Waals surface area contributed by atoms with Crippen LogP contribution in [0.3, 0.4) is 0 Å². The van der Waals surface area contributed by atoms with Gasteiger partial charge in [-0.25, -0.2) is 9.07 Å². The third-order valence-electron chi connectivity index (χ3n) is 5.29. The van der Waals surface area contributed by atoms with Crippen LogP contribution in [0.4, 0.5) is 15.9 Å². The summed E-state index contributed by atoms with van der Waals surface area (Å²) in [5.74, 6) is -0.368. The number of halogens is 2. The number of carbonyl (C=O) groups excluding carboxylic acids is 1. The molecule has 1 aromatic heterocycles. The Balaban J connectivity index is 1.36. The number of aromatic nitrogens is 2. The first-order valence-electron chi connectivity index (χ1n) is 10.3. The van der Waals surface area contributed by atoms with Crippen molar-refractivity contribution < 1.29 is 9.18 Å². The van der Waals surface area contributed by atoms with Gasteiger partial charge in [-0.05, 0) is 29.8 Å². The van der Waals surface area contributed by atoms with Gasteiger partial charge in [0.15, 0.2) is 0 Å². The lowest BCUT2D eigenvalue weighted by molar-refractivity contribution is -0.117. The van der Waals surface area contributed by atoms with Gasteiger partial charge in [0, 0.05) is 44.5 Å². The highest BCUT2D eigenvalue weighted by atomic mass is 35.5. The van der Waals surface area contributed by atoms with Crippen molar-refractivity contribution in [2.45, 2.75) is 13.1 Å². The Morgan fingerprint density at radius 1 is 1.03 bits per heavy atom. The zero-order valence-corrected chi connectivity index (χ0v) is 18.1. The quantitative estimate of drug-likeness (QED) is 0.618. The molecule has 1 aliphatic rings. The van der Waals surface area contributed by atoms with Crippen LogP contribution in [0.5, 0.6) is 0 Å². The molecule has 32 heavy (non-hydrogen) atoms. The van der Waals surface area contributed by atoms with Crippen molar-refractivity contribution in [1.82, 2.24) is 14.7 Å². The number of carbonyl (C=O) groups is 1. The molecule has 0 atom stereocenters. The molecule has 0 saturated carbocycles. The summed E-state index contributed by atoms with van der Waals surface area (Å²) in [5, 5.41) is 6.90. The van der Waals surface area contributed by atoms with Crippen molar-refractivity contribution >= 4 is 29.0 Å². The molecule has 0 radical (unpaired) electrons. The van der Waals surface area contributed by atoms with Crippen LogP contribution in [0, 0.1) is 5.82 Å². The van der Waals surface area contributed by atoms with E-state index in [9.17, 15) is 14.0 Å². The highest BCUT2D eigenvalue weighted by Gasteiger charge is 2.19. The molecule has 166 valence electrons. The largest absolute Gasteiger partial charge is 0.353 e. The summed E-state index contributed by atoms with van der Waals surface area (Å²) in [4.78, 5) is 29.1. The fourth-order valence-corrected chi connectivity index (χ4v) is 3.79. The number of rotatable bonds is 6. The third kappa shape index (κ3) is 5.52. The van der Waals surface area contributed by atoms with Gasteiger partial charge in [-0.2, -0.15) is 5.10 Å². The zero-order chi connectivity index (χ0) is 22.5. The fraction of sp³-hybridized carbons (Fsp3) is 0.261. The predicted octanol–water partition coefficient (Wildman–Crippen LogP) is 3.00. The molecular weight excluding hydrogens is 433 g/mol. The van der Waals surface area contributed by atoms with Gasteiger partial charge < -0.3 is 10.2 Å². The minimum Gasteiger partial charge on any atom is -0.353 e. The number of anilines is 2. The van der Waals surface area contributed by atoms with E-state index in [2.05, 4.69) is 32.3 Å². The second-order valence-corrected chi connectivity index (χ2v) is 8.02. The minimum atomic E-state index is -0.570. The zero-order valence-electron chi connectivity index (χ0n) is 17.4. The smallest absolute Gasteiger partial charge is 0.267 e. The first-order chi connectivity index (χ1) is 15.5. The Labute approximate surface area is 190 Å². The van der Waals surface area contributed by atoms with Crippen LogP contribution in [0.25, 0.3) is 0 Å². The van der Waals surface area contributed by atoms with Crippen LogP contribution in [0.2, 0.25) is 5.02 Å². The summed E-state index contributed by atoms with van der Waals surface area (Å²) in [7, 11) is 0. The summed E-state index contributed by atoms with van der Waals surface area (Å²) < 4.78 is 14.4. The summed E-state index contributed by atoms with van der Waals surface area (Å²) in [6.45, 7) is 3.95. The Kier molecular flexibility index (Phi) is 6.82. The summed E-state index contributed by atoms with van der Waals surface area (Å²) in [6, 6.07) is 17.3. The standard InChI is InChI=1S/C23H23ClFN5O2/c24-19-14-18(6-7-20(19)25)26-22(31)16-30-23(32)9-8-21(27-30)29-12-10-28(11-13-29)15-17-4-2-1-3-5-17/h1-9,14H,10-13,15-16H2,(H,26,31). The van der Waals surface area contributed by atoms with Crippen molar-refractivity contribution in [3.63, 3.8) is 0 Å². The topological polar surface area (TPSA) is 70.5 Å². The molecule has 3 aromatic rings. The maximum absolute atomic E-state index is 13.3. The first kappa shape index (κ1) is 22.0. The highest BCUT2D eigenvalue weighted by molar-refractivity contribution is 6.31. The number of nitrogens with zero attached hydrogens (tertiary/aromatic N) is 4. The molecule has 4 rings (SSSR count). The van der Waals surface area contributed by atoms with E-state index in [1.54, 1.807) is 6.07 Å². The maximum Gasteiger partial charge on any atom is 0.267 e. The highest BCUT2D eigenvalue weighted by Crippen LogP contribution is 2.19. The van der Waals surface area contributed by atoms with Crippen LogP contribution >= 0.6 is 11.6 Å². The van der Waals surface area contributed by atoms with E-state index < -0.39 is 11.7 Å². The van der Waals surface area contributed by atoms with E-state index in [1.165, 1.54) is 29.8 Å². The van der Waals surface area contributed by atoms with Crippen molar-refractivity contribution in [3.05, 3.63) is 87.4 Å². The minimum absolute atomic E-state index is 0.0912. The first-order valence-corrected chi connectivity index (χ1v) is 10.7. The molecule has 9 heteroatoms. The Morgan fingerprint density at radius 3 is 2.50 bits per heavy atom. The number of benzene rings is 2. The Bertz CT molecular complexity index is 1150. The number of hydrogen-bond donors (Lipinski definition) is 1. The van der Waals surface area contributed by atoms with E-state index in [0.717, 1.165) is 37.4 Å². The van der Waals surface area contributed by atoms with Crippen LogP contribution < -0.4 is 15.8 Å². The molecule has 1 amide bonds. The monoisotopic (exact) mass is 455 g/mol. The SMILES string of the molecule is O=C(Cn1nc(N2CCN(Cc3ccccc3)CC2)ccc1=O)Nc1ccc(F)c(Cl)c1. The van der Waals surface area contributed by atoms with Gasteiger partial charge in [-0.15, -0.1) is 0 Å². The second-order valence-electron chi connectivity index (χ2n) is 7.61. The molecule has 0 bridgehead atoms. The lowest BCUT2D eigenvalue weighted by atomic mass is 10.2. The van der Waals surface area contributed by atoms with Gasteiger partial charge in [-0.3, -0.25) is 14.5 Å². The molecule has 1 saturated heterocycles. The van der Waals surface area contributed by atoms with E-state index in [-0.39, 0.29) is 17.1 Å². The molecule has 0 spiro atoms. The molecule has 1 N–H and O–H groups in total.